The fraction of sp³-hybridized carbons (Fsp3) is 0.158. The molecule has 1 aliphatic heterocycles. The molecule has 116 valence electrons. The molecule has 0 amide bonds. The van der Waals surface area contributed by atoms with Crippen LogP contribution in [0.1, 0.15) is 11.1 Å². The van der Waals surface area contributed by atoms with Gasteiger partial charge in [-0.05, 0) is 46.7 Å². The van der Waals surface area contributed by atoms with E-state index in [4.69, 9.17) is 4.74 Å². The van der Waals surface area contributed by atoms with Crippen LogP contribution in [0.15, 0.2) is 59.1 Å². The summed E-state index contributed by atoms with van der Waals surface area (Å²) in [5.41, 5.74) is 1.32. The van der Waals surface area contributed by atoms with Crippen LogP contribution < -0.4 is 4.74 Å². The van der Waals surface area contributed by atoms with E-state index in [9.17, 15) is 10.2 Å². The van der Waals surface area contributed by atoms with Gasteiger partial charge in [0, 0.05) is 10.0 Å². The van der Waals surface area contributed by atoms with Crippen molar-refractivity contribution in [2.24, 2.45) is 0 Å². The highest BCUT2D eigenvalue weighted by atomic mass is 79.9. The molecule has 3 aromatic rings. The summed E-state index contributed by atoms with van der Waals surface area (Å²) in [7, 11) is 0. The van der Waals surface area contributed by atoms with Crippen LogP contribution in [-0.4, -0.2) is 23.4 Å². The lowest BCUT2D eigenvalue weighted by Gasteiger charge is -2.27. The minimum absolute atomic E-state index is 0.0591. The van der Waals surface area contributed by atoms with Crippen LogP contribution in [-0.2, 0) is 5.41 Å². The third kappa shape index (κ3) is 2.13. The zero-order valence-electron chi connectivity index (χ0n) is 12.3. The second kappa shape index (κ2) is 5.25. The summed E-state index contributed by atoms with van der Waals surface area (Å²) in [6.07, 6.45) is 0. The number of rotatable bonds is 2. The van der Waals surface area contributed by atoms with Gasteiger partial charge in [-0.3, -0.25) is 0 Å². The molecule has 4 rings (SSSR count). The van der Waals surface area contributed by atoms with Crippen LogP contribution in [0.5, 0.6) is 11.5 Å². The number of fused-ring (bicyclic) bond motifs is 3. The second-order valence-corrected chi connectivity index (χ2v) is 6.80. The lowest BCUT2D eigenvalue weighted by Crippen LogP contribution is -2.34. The minimum Gasteiger partial charge on any atom is -0.508 e. The summed E-state index contributed by atoms with van der Waals surface area (Å²) >= 11 is 3.53. The van der Waals surface area contributed by atoms with Gasteiger partial charge in [0.05, 0.1) is 12.0 Å². The van der Waals surface area contributed by atoms with Gasteiger partial charge >= 0.3 is 0 Å². The van der Waals surface area contributed by atoms with Crippen molar-refractivity contribution < 1.29 is 14.9 Å². The first-order valence-electron chi connectivity index (χ1n) is 7.40. The lowest BCUT2D eigenvalue weighted by atomic mass is 9.75. The molecule has 3 aromatic carbocycles. The summed E-state index contributed by atoms with van der Waals surface area (Å²) in [5.74, 6) is 1.01. The highest BCUT2D eigenvalue weighted by Gasteiger charge is 2.43. The Labute approximate surface area is 142 Å². The average molecular weight is 371 g/mol. The van der Waals surface area contributed by atoms with Crippen LogP contribution in [0, 0.1) is 0 Å². The molecule has 1 aliphatic rings. The molecule has 3 nitrogen and oxygen atoms in total. The second-order valence-electron chi connectivity index (χ2n) is 5.88. The Morgan fingerprint density at radius 2 is 1.78 bits per heavy atom. The number of ether oxygens (including phenoxy) is 1. The zero-order valence-corrected chi connectivity index (χ0v) is 13.9. The number of phenols is 1. The first kappa shape index (κ1) is 14.5. The Hall–Kier alpha value is -2.04. The number of aliphatic hydroxyl groups excluding tert-OH is 1. The SMILES string of the molecule is OC[C@]1(c2ccc(O)cc2)COc2ccc3ccc(Br)cc3c21. The third-order valence-corrected chi connectivity index (χ3v) is 5.08. The molecule has 1 atom stereocenters. The van der Waals surface area contributed by atoms with Gasteiger partial charge < -0.3 is 14.9 Å². The Morgan fingerprint density at radius 3 is 2.52 bits per heavy atom. The first-order chi connectivity index (χ1) is 11.1. The van der Waals surface area contributed by atoms with Gasteiger partial charge in [0.2, 0.25) is 0 Å². The normalized spacial score (nSPS) is 19.6. The molecule has 0 aliphatic carbocycles. The van der Waals surface area contributed by atoms with Gasteiger partial charge in [-0.1, -0.05) is 40.2 Å². The number of hydrogen-bond acceptors (Lipinski definition) is 3. The molecule has 0 radical (unpaired) electrons. The maximum absolute atomic E-state index is 10.3. The number of halogens is 1. The largest absolute Gasteiger partial charge is 0.508 e. The van der Waals surface area contributed by atoms with Crippen molar-refractivity contribution in [3.63, 3.8) is 0 Å². The number of benzene rings is 3. The van der Waals surface area contributed by atoms with Crippen LogP contribution in [0.4, 0.5) is 0 Å². The molecule has 0 bridgehead atoms. The van der Waals surface area contributed by atoms with Crippen LogP contribution in [0.25, 0.3) is 10.8 Å². The van der Waals surface area contributed by atoms with Gasteiger partial charge in [0.1, 0.15) is 18.1 Å². The van der Waals surface area contributed by atoms with E-state index in [1.165, 1.54) is 0 Å². The number of phenolic OH excluding ortho intramolecular Hbond substituents is 1. The number of aromatic hydroxyl groups is 1. The van der Waals surface area contributed by atoms with Crippen molar-refractivity contribution in [2.75, 3.05) is 13.2 Å². The number of hydrogen-bond donors (Lipinski definition) is 2. The van der Waals surface area contributed by atoms with Crippen molar-refractivity contribution in [1.29, 1.82) is 0 Å². The van der Waals surface area contributed by atoms with E-state index in [-0.39, 0.29) is 12.4 Å². The zero-order chi connectivity index (χ0) is 16.0. The van der Waals surface area contributed by atoms with E-state index in [1.807, 2.05) is 30.3 Å². The molecule has 2 N–H and O–H groups in total. The smallest absolute Gasteiger partial charge is 0.124 e. The van der Waals surface area contributed by atoms with Crippen molar-refractivity contribution in [3.8, 4) is 11.5 Å². The van der Waals surface area contributed by atoms with E-state index >= 15 is 0 Å². The molecule has 23 heavy (non-hydrogen) atoms. The van der Waals surface area contributed by atoms with Gasteiger partial charge in [-0.25, -0.2) is 0 Å². The van der Waals surface area contributed by atoms with Crippen LogP contribution in [0.3, 0.4) is 0 Å². The van der Waals surface area contributed by atoms with Crippen molar-refractivity contribution in [3.05, 3.63) is 70.2 Å². The molecular formula is C19H15BrO3. The predicted molar refractivity (Wildman–Crippen MR) is 93.1 cm³/mol. The van der Waals surface area contributed by atoms with Crippen LogP contribution >= 0.6 is 15.9 Å². The standard InChI is InChI=1S/C19H15BrO3/c20-14-5-1-12-2-8-17-18(16(12)9-14)19(10-21,11-23-17)13-3-6-15(22)7-4-13/h1-9,21-22H,10-11H2/t19-/m1/s1. The van der Waals surface area contributed by atoms with Gasteiger partial charge in [0.15, 0.2) is 0 Å². The molecular weight excluding hydrogens is 356 g/mol. The fourth-order valence-electron chi connectivity index (χ4n) is 3.38. The molecule has 0 spiro atoms. The van der Waals surface area contributed by atoms with Crippen molar-refractivity contribution >= 4 is 26.7 Å². The lowest BCUT2D eigenvalue weighted by molar-refractivity contribution is 0.185. The topological polar surface area (TPSA) is 49.7 Å². The van der Waals surface area contributed by atoms with Gasteiger partial charge in [-0.2, -0.15) is 0 Å². The molecule has 4 heteroatoms. The summed E-state index contributed by atoms with van der Waals surface area (Å²) in [6, 6.07) is 17.1. The maximum atomic E-state index is 10.3. The summed E-state index contributed by atoms with van der Waals surface area (Å²) in [6.45, 7) is 0.325. The van der Waals surface area contributed by atoms with Crippen LogP contribution in [0.2, 0.25) is 0 Å². The van der Waals surface area contributed by atoms with Gasteiger partial charge in [0.25, 0.3) is 0 Å². The van der Waals surface area contributed by atoms with Crippen molar-refractivity contribution in [2.45, 2.75) is 5.41 Å². The highest BCUT2D eigenvalue weighted by molar-refractivity contribution is 9.10. The summed E-state index contributed by atoms with van der Waals surface area (Å²) in [5, 5.41) is 22.0. The Kier molecular flexibility index (Phi) is 3.32. The highest BCUT2D eigenvalue weighted by Crippen LogP contribution is 2.47. The van der Waals surface area contributed by atoms with E-state index in [1.54, 1.807) is 12.1 Å². The molecule has 0 fully saturated rings. The molecule has 0 aromatic heterocycles. The first-order valence-corrected chi connectivity index (χ1v) is 8.19. The van der Waals surface area contributed by atoms with E-state index in [0.717, 1.165) is 32.1 Å². The average Bonchev–Trinajstić information content (AvgIpc) is 2.96. The molecule has 0 saturated carbocycles. The molecule has 1 heterocycles. The summed E-state index contributed by atoms with van der Waals surface area (Å²) in [4.78, 5) is 0. The fourth-order valence-corrected chi connectivity index (χ4v) is 3.74. The minimum atomic E-state index is -0.622. The molecule has 0 saturated heterocycles. The molecule has 0 unspecified atom stereocenters. The third-order valence-electron chi connectivity index (χ3n) is 4.59. The quantitative estimate of drug-likeness (QED) is 0.717. The van der Waals surface area contributed by atoms with E-state index in [0.29, 0.717) is 6.61 Å². The Morgan fingerprint density at radius 1 is 1.04 bits per heavy atom. The number of aliphatic hydroxyl groups is 1. The monoisotopic (exact) mass is 370 g/mol. The maximum Gasteiger partial charge on any atom is 0.124 e. The predicted octanol–water partition coefficient (Wildman–Crippen LogP) is 3.98. The van der Waals surface area contributed by atoms with Crippen molar-refractivity contribution in [1.82, 2.24) is 0 Å². The Bertz CT molecular complexity index is 889. The van der Waals surface area contributed by atoms with E-state index < -0.39 is 5.41 Å². The summed E-state index contributed by atoms with van der Waals surface area (Å²) < 4.78 is 6.89. The van der Waals surface area contributed by atoms with E-state index in [2.05, 4.69) is 28.1 Å². The Balaban J connectivity index is 2.03. The van der Waals surface area contributed by atoms with Gasteiger partial charge in [-0.15, -0.1) is 0 Å².